The predicted molar refractivity (Wildman–Crippen MR) is 182 cm³/mol. The average molecular weight is 565 g/mol. The molecule has 4 nitrogen and oxygen atoms in total. The van der Waals surface area contributed by atoms with Crippen molar-refractivity contribution in [1.82, 2.24) is 9.13 Å². The zero-order chi connectivity index (χ0) is 30.2. The van der Waals surface area contributed by atoms with Crippen molar-refractivity contribution in [3.05, 3.63) is 138 Å². The molecule has 208 valence electrons. The molecule has 0 bridgehead atoms. The molecule has 0 saturated heterocycles. The lowest BCUT2D eigenvalue weighted by molar-refractivity contribution is 0.591. The quantitative estimate of drug-likeness (QED) is 0.192. The third-order valence-corrected chi connectivity index (χ3v) is 8.89. The van der Waals surface area contributed by atoms with Crippen LogP contribution >= 0.6 is 0 Å². The number of fused-ring (bicyclic) bond motifs is 8. The number of benzene rings is 6. The molecule has 2 heterocycles. The van der Waals surface area contributed by atoms with Gasteiger partial charge in [0.1, 0.15) is 6.07 Å². The van der Waals surface area contributed by atoms with Gasteiger partial charge in [-0.05, 0) is 64.2 Å². The van der Waals surface area contributed by atoms with E-state index < -0.39 is 0 Å². The highest BCUT2D eigenvalue weighted by molar-refractivity contribution is 6.21. The molecule has 8 aromatic rings. The lowest BCUT2D eigenvalue weighted by Crippen LogP contribution is -2.10. The van der Waals surface area contributed by atoms with E-state index in [4.69, 9.17) is 6.57 Å². The van der Waals surface area contributed by atoms with Gasteiger partial charge in [-0.1, -0.05) is 93.6 Å². The Morgan fingerprint density at radius 1 is 0.636 bits per heavy atom. The van der Waals surface area contributed by atoms with Crippen LogP contribution in [0.1, 0.15) is 31.9 Å². The van der Waals surface area contributed by atoms with Gasteiger partial charge in [0.2, 0.25) is 0 Å². The van der Waals surface area contributed by atoms with Gasteiger partial charge in [0.05, 0.1) is 45.6 Å². The van der Waals surface area contributed by atoms with Crippen molar-refractivity contribution >= 4 is 60.1 Å². The number of para-hydroxylation sites is 2. The highest BCUT2D eigenvalue weighted by atomic mass is 15.1. The Labute approximate surface area is 255 Å². The largest absolute Gasteiger partial charge is 0.308 e. The topological polar surface area (TPSA) is 38.0 Å². The zero-order valence-corrected chi connectivity index (χ0v) is 24.8. The van der Waals surface area contributed by atoms with Gasteiger partial charge < -0.3 is 9.13 Å². The van der Waals surface area contributed by atoms with E-state index in [1.165, 1.54) is 21.7 Å². The lowest BCUT2D eigenvalue weighted by atomic mass is 9.86. The summed E-state index contributed by atoms with van der Waals surface area (Å²) in [6, 6.07) is 42.4. The minimum Gasteiger partial charge on any atom is -0.308 e. The Kier molecular flexibility index (Phi) is 5.48. The van der Waals surface area contributed by atoms with Crippen LogP contribution in [0, 0.1) is 17.9 Å². The first kappa shape index (κ1) is 25.8. The Bertz CT molecular complexity index is 2500. The molecule has 0 unspecified atom stereocenters. The number of hydrogen-bond donors (Lipinski definition) is 0. The molecular formula is C40H28N4. The molecule has 8 rings (SSSR count). The molecule has 0 aliphatic carbocycles. The van der Waals surface area contributed by atoms with Crippen LogP contribution in [0.2, 0.25) is 0 Å². The van der Waals surface area contributed by atoms with Crippen molar-refractivity contribution in [2.75, 3.05) is 0 Å². The normalized spacial score (nSPS) is 11.9. The fourth-order valence-electron chi connectivity index (χ4n) is 6.84. The van der Waals surface area contributed by atoms with E-state index in [0.29, 0.717) is 11.3 Å². The van der Waals surface area contributed by atoms with Crippen LogP contribution in [-0.2, 0) is 5.41 Å². The monoisotopic (exact) mass is 564 g/mol. The summed E-state index contributed by atoms with van der Waals surface area (Å²) in [5, 5.41) is 17.5. The average Bonchev–Trinajstić information content (AvgIpc) is 3.56. The standard InChI is InChI=1S/C40H28N4/c1-40(2,3)27-18-20-35-32(22-27)38-29-12-6-5-11-25(29)17-19-36(38)43(35)37-23-28(42-4)21-26(24-41)39(37)44-33-15-9-7-13-30(33)31-14-8-10-16-34(31)44/h5-23H,1-3H3. The van der Waals surface area contributed by atoms with Crippen molar-refractivity contribution in [1.29, 1.82) is 5.26 Å². The first-order valence-electron chi connectivity index (χ1n) is 14.8. The predicted octanol–water partition coefficient (Wildman–Crippen LogP) is 10.8. The minimum absolute atomic E-state index is 0.0284. The highest BCUT2D eigenvalue weighted by Crippen LogP contribution is 2.43. The molecule has 0 aliphatic heterocycles. The number of rotatable bonds is 2. The summed E-state index contributed by atoms with van der Waals surface area (Å²) in [7, 11) is 0. The molecule has 0 spiro atoms. The van der Waals surface area contributed by atoms with Gasteiger partial charge in [-0.25, -0.2) is 4.85 Å². The van der Waals surface area contributed by atoms with Crippen LogP contribution in [0.5, 0.6) is 0 Å². The Balaban J connectivity index is 1.61. The summed E-state index contributed by atoms with van der Waals surface area (Å²) in [6.45, 7) is 14.7. The van der Waals surface area contributed by atoms with Crippen LogP contribution < -0.4 is 0 Å². The molecule has 0 saturated carbocycles. The fraction of sp³-hybridized carbons (Fsp3) is 0.100. The molecule has 0 fully saturated rings. The Morgan fingerprint density at radius 2 is 1.25 bits per heavy atom. The lowest BCUT2D eigenvalue weighted by Gasteiger charge is -2.20. The van der Waals surface area contributed by atoms with E-state index in [2.05, 4.69) is 132 Å². The molecule has 4 heteroatoms. The van der Waals surface area contributed by atoms with E-state index in [0.717, 1.165) is 49.6 Å². The van der Waals surface area contributed by atoms with Crippen LogP contribution in [0.4, 0.5) is 5.69 Å². The summed E-state index contributed by atoms with van der Waals surface area (Å²) < 4.78 is 4.46. The van der Waals surface area contributed by atoms with Gasteiger partial charge in [-0.3, -0.25) is 0 Å². The molecule has 0 amide bonds. The molecule has 0 radical (unpaired) electrons. The molecule has 2 aromatic heterocycles. The molecule has 0 aliphatic rings. The number of nitriles is 1. The fourth-order valence-corrected chi connectivity index (χ4v) is 6.84. The maximum atomic E-state index is 10.6. The van der Waals surface area contributed by atoms with Crippen molar-refractivity contribution in [2.45, 2.75) is 26.2 Å². The second-order valence-electron chi connectivity index (χ2n) is 12.5. The minimum atomic E-state index is -0.0284. The molecule has 0 N–H and O–H groups in total. The van der Waals surface area contributed by atoms with Gasteiger partial charge in [0, 0.05) is 21.5 Å². The van der Waals surface area contributed by atoms with Crippen molar-refractivity contribution in [2.24, 2.45) is 0 Å². The Morgan fingerprint density at radius 3 is 1.91 bits per heavy atom. The smallest absolute Gasteiger partial charge is 0.190 e. The van der Waals surface area contributed by atoms with Crippen molar-refractivity contribution in [3.63, 3.8) is 0 Å². The third-order valence-electron chi connectivity index (χ3n) is 8.89. The number of aromatic nitrogens is 2. The number of hydrogen-bond acceptors (Lipinski definition) is 1. The van der Waals surface area contributed by atoms with Gasteiger partial charge in [0.25, 0.3) is 0 Å². The van der Waals surface area contributed by atoms with E-state index in [-0.39, 0.29) is 5.41 Å². The summed E-state index contributed by atoms with van der Waals surface area (Å²) in [5.41, 5.74) is 7.81. The molecule has 0 atom stereocenters. The van der Waals surface area contributed by atoms with Gasteiger partial charge in [0.15, 0.2) is 5.69 Å². The van der Waals surface area contributed by atoms with E-state index in [1.807, 2.05) is 18.2 Å². The van der Waals surface area contributed by atoms with Gasteiger partial charge >= 0.3 is 0 Å². The van der Waals surface area contributed by atoms with Crippen LogP contribution in [0.25, 0.3) is 70.6 Å². The Hall–Kier alpha value is -5.84. The maximum Gasteiger partial charge on any atom is 0.190 e. The second kappa shape index (κ2) is 9.33. The maximum absolute atomic E-state index is 10.6. The van der Waals surface area contributed by atoms with Crippen LogP contribution in [-0.4, -0.2) is 9.13 Å². The zero-order valence-electron chi connectivity index (χ0n) is 24.8. The molecular weight excluding hydrogens is 536 g/mol. The van der Waals surface area contributed by atoms with Crippen molar-refractivity contribution < 1.29 is 0 Å². The summed E-state index contributed by atoms with van der Waals surface area (Å²) in [6.07, 6.45) is 0. The summed E-state index contributed by atoms with van der Waals surface area (Å²) >= 11 is 0. The van der Waals surface area contributed by atoms with E-state index in [9.17, 15) is 5.26 Å². The molecule has 44 heavy (non-hydrogen) atoms. The van der Waals surface area contributed by atoms with E-state index >= 15 is 0 Å². The van der Waals surface area contributed by atoms with Gasteiger partial charge in [-0.15, -0.1) is 0 Å². The van der Waals surface area contributed by atoms with Crippen LogP contribution in [0.3, 0.4) is 0 Å². The highest BCUT2D eigenvalue weighted by Gasteiger charge is 2.24. The second-order valence-corrected chi connectivity index (χ2v) is 12.5. The third kappa shape index (κ3) is 3.62. The van der Waals surface area contributed by atoms with Crippen molar-refractivity contribution in [3.8, 4) is 17.4 Å². The van der Waals surface area contributed by atoms with E-state index in [1.54, 1.807) is 6.07 Å². The van der Waals surface area contributed by atoms with Crippen LogP contribution in [0.15, 0.2) is 115 Å². The SMILES string of the molecule is [C-]#[N+]c1cc(C#N)c(-n2c3ccccc3c3ccccc32)c(-n2c3ccc(C(C)(C)C)cc3c3c4ccccc4ccc32)c1. The summed E-state index contributed by atoms with van der Waals surface area (Å²) in [4.78, 5) is 3.83. The number of nitrogens with zero attached hydrogens (tertiary/aromatic N) is 4. The summed E-state index contributed by atoms with van der Waals surface area (Å²) in [5.74, 6) is 0. The first-order valence-corrected chi connectivity index (χ1v) is 14.8. The van der Waals surface area contributed by atoms with Gasteiger partial charge in [-0.2, -0.15) is 5.26 Å². The first-order chi connectivity index (χ1) is 21.4. The molecule has 6 aromatic carbocycles.